The van der Waals surface area contributed by atoms with Crippen molar-refractivity contribution in [3.8, 4) is 5.75 Å². The first-order chi connectivity index (χ1) is 9.25. The molecule has 1 heterocycles. The smallest absolute Gasteiger partial charge is 0.120 e. The molecule has 3 aromatic rings. The van der Waals surface area contributed by atoms with Crippen molar-refractivity contribution in [2.24, 2.45) is 0 Å². The van der Waals surface area contributed by atoms with E-state index >= 15 is 0 Å². The van der Waals surface area contributed by atoms with Crippen LogP contribution in [-0.2, 0) is 0 Å². The first kappa shape index (κ1) is 11.6. The number of benzene rings is 2. The molecular weight excluding hydrogens is 238 g/mol. The van der Waals surface area contributed by atoms with E-state index in [9.17, 15) is 5.11 Å². The van der Waals surface area contributed by atoms with Gasteiger partial charge in [-0.05, 0) is 25.1 Å². The minimum atomic E-state index is 0.0155. The van der Waals surface area contributed by atoms with Gasteiger partial charge in [0.15, 0.2) is 0 Å². The third-order valence-corrected chi connectivity index (χ3v) is 3.26. The van der Waals surface area contributed by atoms with E-state index in [2.05, 4.69) is 15.5 Å². The second kappa shape index (κ2) is 4.65. The number of H-pyrrole nitrogens is 1. The number of anilines is 1. The molecule has 1 aromatic heterocycles. The van der Waals surface area contributed by atoms with Gasteiger partial charge in [-0.2, -0.15) is 5.10 Å². The maximum absolute atomic E-state index is 9.87. The van der Waals surface area contributed by atoms with Gasteiger partial charge in [0.05, 0.1) is 17.8 Å². The van der Waals surface area contributed by atoms with E-state index in [4.69, 9.17) is 0 Å². The van der Waals surface area contributed by atoms with Crippen LogP contribution in [0.4, 0.5) is 5.69 Å². The molecule has 2 aromatic carbocycles. The van der Waals surface area contributed by atoms with Crippen LogP contribution in [-0.4, -0.2) is 15.3 Å². The highest BCUT2D eigenvalue weighted by Crippen LogP contribution is 2.29. The molecule has 19 heavy (non-hydrogen) atoms. The second-order valence-electron chi connectivity index (χ2n) is 4.56. The second-order valence-corrected chi connectivity index (χ2v) is 4.56. The lowest BCUT2D eigenvalue weighted by atomic mass is 10.1. The Labute approximate surface area is 111 Å². The molecule has 0 saturated heterocycles. The normalized spacial score (nSPS) is 12.5. The maximum Gasteiger partial charge on any atom is 0.120 e. The summed E-state index contributed by atoms with van der Waals surface area (Å²) in [7, 11) is 0. The number of hydrogen-bond donors (Lipinski definition) is 3. The van der Waals surface area contributed by atoms with Crippen LogP contribution in [0, 0.1) is 0 Å². The third-order valence-electron chi connectivity index (χ3n) is 3.26. The van der Waals surface area contributed by atoms with Crippen LogP contribution >= 0.6 is 0 Å². The van der Waals surface area contributed by atoms with Crippen LogP contribution in [0.5, 0.6) is 5.75 Å². The predicted molar refractivity (Wildman–Crippen MR) is 76.2 cm³/mol. The number of aromatic amines is 1. The summed E-state index contributed by atoms with van der Waals surface area (Å²) >= 11 is 0. The molecule has 1 unspecified atom stereocenters. The zero-order valence-electron chi connectivity index (χ0n) is 10.6. The summed E-state index contributed by atoms with van der Waals surface area (Å²) in [4.78, 5) is 0. The van der Waals surface area contributed by atoms with Crippen molar-refractivity contribution >= 4 is 16.6 Å². The summed E-state index contributed by atoms with van der Waals surface area (Å²) in [6, 6.07) is 13.3. The van der Waals surface area contributed by atoms with Crippen LogP contribution < -0.4 is 5.32 Å². The zero-order valence-corrected chi connectivity index (χ0v) is 10.6. The SMILES string of the molecule is CC(Nc1cccc2[nH]ncc12)c1ccccc1O. The molecule has 0 aliphatic heterocycles. The number of fused-ring (bicyclic) bond motifs is 1. The molecule has 4 heteroatoms. The summed E-state index contributed by atoms with van der Waals surface area (Å²) in [6.45, 7) is 2.02. The Morgan fingerprint density at radius 3 is 2.84 bits per heavy atom. The van der Waals surface area contributed by atoms with Crippen LogP contribution in [0.15, 0.2) is 48.7 Å². The molecular formula is C15H15N3O. The van der Waals surface area contributed by atoms with Crippen molar-refractivity contribution in [1.82, 2.24) is 10.2 Å². The molecule has 0 aliphatic rings. The van der Waals surface area contributed by atoms with Gasteiger partial charge in [0.2, 0.25) is 0 Å². The third kappa shape index (κ3) is 2.12. The van der Waals surface area contributed by atoms with Crippen molar-refractivity contribution in [2.45, 2.75) is 13.0 Å². The Hall–Kier alpha value is -2.49. The van der Waals surface area contributed by atoms with Crippen molar-refractivity contribution in [2.75, 3.05) is 5.32 Å². The summed E-state index contributed by atoms with van der Waals surface area (Å²) in [5, 5.41) is 21.3. The predicted octanol–water partition coefficient (Wildman–Crippen LogP) is 3.44. The Morgan fingerprint density at radius 2 is 2.00 bits per heavy atom. The van der Waals surface area contributed by atoms with E-state index in [1.165, 1.54) is 0 Å². The monoisotopic (exact) mass is 253 g/mol. The van der Waals surface area contributed by atoms with Gasteiger partial charge in [0, 0.05) is 16.6 Å². The zero-order chi connectivity index (χ0) is 13.2. The Balaban J connectivity index is 1.93. The molecule has 1 atom stereocenters. The summed E-state index contributed by atoms with van der Waals surface area (Å²) < 4.78 is 0. The quantitative estimate of drug-likeness (QED) is 0.670. The number of hydrogen-bond acceptors (Lipinski definition) is 3. The van der Waals surface area contributed by atoms with E-state index in [0.717, 1.165) is 22.2 Å². The summed E-state index contributed by atoms with van der Waals surface area (Å²) in [5.41, 5.74) is 2.87. The number of phenols is 1. The fraction of sp³-hybridized carbons (Fsp3) is 0.133. The maximum atomic E-state index is 9.87. The van der Waals surface area contributed by atoms with Gasteiger partial charge in [-0.25, -0.2) is 0 Å². The largest absolute Gasteiger partial charge is 0.508 e. The highest BCUT2D eigenvalue weighted by atomic mass is 16.3. The standard InChI is InChI=1S/C15H15N3O/c1-10(11-5-2-3-8-15(11)19)17-13-6-4-7-14-12(13)9-16-18-14/h2-10,17,19H,1H3,(H,16,18). The fourth-order valence-electron chi connectivity index (χ4n) is 2.26. The van der Waals surface area contributed by atoms with E-state index in [1.54, 1.807) is 12.3 Å². The Bertz CT molecular complexity index is 705. The summed E-state index contributed by atoms with van der Waals surface area (Å²) in [5.74, 6) is 0.307. The van der Waals surface area contributed by atoms with Crippen molar-refractivity contribution < 1.29 is 5.11 Å². The number of aromatic hydroxyl groups is 1. The van der Waals surface area contributed by atoms with E-state index in [-0.39, 0.29) is 6.04 Å². The first-order valence-electron chi connectivity index (χ1n) is 6.22. The van der Waals surface area contributed by atoms with E-state index in [1.807, 2.05) is 43.3 Å². The van der Waals surface area contributed by atoms with Crippen molar-refractivity contribution in [1.29, 1.82) is 0 Å². The molecule has 0 amide bonds. The Kier molecular flexibility index (Phi) is 2.83. The van der Waals surface area contributed by atoms with Gasteiger partial charge in [-0.3, -0.25) is 5.10 Å². The number of phenolic OH excluding ortho intramolecular Hbond substituents is 1. The van der Waals surface area contributed by atoms with Gasteiger partial charge in [-0.1, -0.05) is 24.3 Å². The number of aromatic nitrogens is 2. The average molecular weight is 253 g/mol. The molecule has 0 saturated carbocycles. The minimum absolute atomic E-state index is 0.0155. The van der Waals surface area contributed by atoms with Crippen molar-refractivity contribution in [3.05, 3.63) is 54.2 Å². The highest BCUT2D eigenvalue weighted by molar-refractivity contribution is 5.91. The lowest BCUT2D eigenvalue weighted by Gasteiger charge is -2.17. The molecule has 0 fully saturated rings. The molecule has 3 rings (SSSR count). The van der Waals surface area contributed by atoms with Gasteiger partial charge < -0.3 is 10.4 Å². The molecule has 4 nitrogen and oxygen atoms in total. The Morgan fingerprint density at radius 1 is 1.16 bits per heavy atom. The van der Waals surface area contributed by atoms with Crippen LogP contribution in [0.2, 0.25) is 0 Å². The average Bonchev–Trinajstić information content (AvgIpc) is 2.88. The fourth-order valence-corrected chi connectivity index (χ4v) is 2.26. The molecule has 0 bridgehead atoms. The van der Waals surface area contributed by atoms with Crippen molar-refractivity contribution in [3.63, 3.8) is 0 Å². The van der Waals surface area contributed by atoms with E-state index in [0.29, 0.717) is 5.75 Å². The van der Waals surface area contributed by atoms with Gasteiger partial charge >= 0.3 is 0 Å². The lowest BCUT2D eigenvalue weighted by molar-refractivity contribution is 0.465. The number of nitrogens with zero attached hydrogens (tertiary/aromatic N) is 1. The molecule has 0 spiro atoms. The van der Waals surface area contributed by atoms with Crippen LogP contribution in [0.25, 0.3) is 10.9 Å². The van der Waals surface area contributed by atoms with Gasteiger partial charge in [0.25, 0.3) is 0 Å². The van der Waals surface area contributed by atoms with Crippen LogP contribution in [0.1, 0.15) is 18.5 Å². The number of nitrogens with one attached hydrogen (secondary N) is 2. The molecule has 96 valence electrons. The first-order valence-corrected chi connectivity index (χ1v) is 6.22. The molecule has 0 aliphatic carbocycles. The minimum Gasteiger partial charge on any atom is -0.508 e. The molecule has 3 N–H and O–H groups in total. The van der Waals surface area contributed by atoms with Gasteiger partial charge in [-0.15, -0.1) is 0 Å². The lowest BCUT2D eigenvalue weighted by Crippen LogP contribution is -2.06. The number of rotatable bonds is 3. The molecule has 0 radical (unpaired) electrons. The van der Waals surface area contributed by atoms with E-state index < -0.39 is 0 Å². The van der Waals surface area contributed by atoms with Gasteiger partial charge in [0.1, 0.15) is 5.75 Å². The topological polar surface area (TPSA) is 60.9 Å². The number of para-hydroxylation sites is 1. The van der Waals surface area contributed by atoms with Crippen LogP contribution in [0.3, 0.4) is 0 Å². The highest BCUT2D eigenvalue weighted by Gasteiger charge is 2.11. The summed E-state index contributed by atoms with van der Waals surface area (Å²) in [6.07, 6.45) is 1.80.